The topological polar surface area (TPSA) is 103 Å². The maximum Gasteiger partial charge on any atom is 0.161 e. The van der Waals surface area contributed by atoms with Crippen molar-refractivity contribution in [1.82, 2.24) is 39.0 Å². The Labute approximate surface area is 207 Å². The van der Waals surface area contributed by atoms with Crippen LogP contribution < -0.4 is 10.6 Å². The summed E-state index contributed by atoms with van der Waals surface area (Å²) in [5.41, 5.74) is 4.42. The van der Waals surface area contributed by atoms with Gasteiger partial charge in [0.15, 0.2) is 5.65 Å². The van der Waals surface area contributed by atoms with Gasteiger partial charge in [-0.15, -0.1) is 0 Å². The van der Waals surface area contributed by atoms with Crippen LogP contribution in [0.1, 0.15) is 0 Å². The predicted octanol–water partition coefficient (Wildman–Crippen LogP) is 2.49. The Morgan fingerprint density at radius 3 is 2.61 bits per heavy atom. The third-order valence-corrected chi connectivity index (χ3v) is 7.23. The Balaban J connectivity index is 1.16. The van der Waals surface area contributed by atoms with E-state index in [2.05, 4.69) is 38.8 Å². The van der Waals surface area contributed by atoms with E-state index < -0.39 is 0 Å². The van der Waals surface area contributed by atoms with Crippen LogP contribution in [0.4, 0.5) is 17.3 Å². The largest absolute Gasteiger partial charge is 0.379 e. The number of aromatic nitrogens is 7. The summed E-state index contributed by atoms with van der Waals surface area (Å²) in [6, 6.07) is 11.2. The third-order valence-electron chi connectivity index (χ3n) is 7.23. The number of hydrogen-bond donors (Lipinski definition) is 2. The van der Waals surface area contributed by atoms with Gasteiger partial charge in [0.05, 0.1) is 48.3 Å². The van der Waals surface area contributed by atoms with Gasteiger partial charge >= 0.3 is 0 Å². The van der Waals surface area contributed by atoms with Gasteiger partial charge in [-0.25, -0.2) is 9.97 Å². The fraction of sp³-hybridized carbons (Fsp3) is 0.360. The molecule has 0 saturated carbocycles. The fourth-order valence-corrected chi connectivity index (χ4v) is 4.97. The summed E-state index contributed by atoms with van der Waals surface area (Å²) < 4.78 is 11.0. The molecule has 2 aliphatic heterocycles. The van der Waals surface area contributed by atoms with Gasteiger partial charge in [-0.2, -0.15) is 10.2 Å². The molecule has 2 saturated heterocycles. The zero-order chi connectivity index (χ0) is 24.4. The molecule has 2 N–H and O–H groups in total. The molecule has 11 heteroatoms. The van der Waals surface area contributed by atoms with Crippen LogP contribution in [0.3, 0.4) is 0 Å². The first-order valence-electron chi connectivity index (χ1n) is 12.2. The van der Waals surface area contributed by atoms with E-state index in [-0.39, 0.29) is 0 Å². The zero-order valence-electron chi connectivity index (χ0n) is 20.5. The van der Waals surface area contributed by atoms with Crippen LogP contribution in [0.2, 0.25) is 0 Å². The van der Waals surface area contributed by atoms with Crippen LogP contribution in [-0.4, -0.2) is 77.4 Å². The number of rotatable bonds is 6. The SMILES string of the molecule is Cn1nc(-c2ccc3ccn(C)c3n2)cc1Nc1cc(NC2CN(C3COC3)C2)c2cnn(C)c2n1. The number of nitrogens with zero attached hydrogens (tertiary/aromatic N) is 8. The summed E-state index contributed by atoms with van der Waals surface area (Å²) in [5, 5.41) is 18.4. The summed E-state index contributed by atoms with van der Waals surface area (Å²) in [7, 11) is 5.83. The minimum absolute atomic E-state index is 0.395. The van der Waals surface area contributed by atoms with Crippen LogP contribution in [0.5, 0.6) is 0 Å². The lowest BCUT2D eigenvalue weighted by Gasteiger charge is -2.47. The lowest BCUT2D eigenvalue weighted by atomic mass is 10.0. The molecule has 0 unspecified atom stereocenters. The molecule has 5 aromatic rings. The Morgan fingerprint density at radius 1 is 0.944 bits per heavy atom. The quantitative estimate of drug-likeness (QED) is 0.379. The Hall–Kier alpha value is -3.96. The van der Waals surface area contributed by atoms with Crippen molar-refractivity contribution < 1.29 is 4.74 Å². The van der Waals surface area contributed by atoms with Crippen LogP contribution in [0.15, 0.2) is 42.7 Å². The molecular weight excluding hydrogens is 456 g/mol. The summed E-state index contributed by atoms with van der Waals surface area (Å²) in [6.45, 7) is 3.74. The average molecular weight is 485 g/mol. The maximum absolute atomic E-state index is 5.34. The number of anilines is 3. The molecule has 0 aliphatic carbocycles. The van der Waals surface area contributed by atoms with E-state index in [4.69, 9.17) is 19.8 Å². The van der Waals surface area contributed by atoms with Gasteiger partial charge in [-0.3, -0.25) is 14.3 Å². The van der Waals surface area contributed by atoms with Crippen molar-refractivity contribution in [1.29, 1.82) is 0 Å². The highest BCUT2D eigenvalue weighted by molar-refractivity contribution is 5.91. The second kappa shape index (κ2) is 8.04. The van der Waals surface area contributed by atoms with E-state index in [1.165, 1.54) is 0 Å². The first-order valence-corrected chi connectivity index (χ1v) is 12.2. The molecule has 2 fully saturated rings. The molecular formula is C25H28N10O. The van der Waals surface area contributed by atoms with Crippen LogP contribution in [0, 0.1) is 0 Å². The number of aryl methyl sites for hydroxylation is 3. The highest BCUT2D eigenvalue weighted by Gasteiger charge is 2.36. The van der Waals surface area contributed by atoms with Crippen molar-refractivity contribution >= 4 is 39.4 Å². The van der Waals surface area contributed by atoms with E-state index in [0.29, 0.717) is 12.1 Å². The van der Waals surface area contributed by atoms with Gasteiger partial charge in [-0.1, -0.05) is 0 Å². The van der Waals surface area contributed by atoms with Crippen molar-refractivity contribution in [2.75, 3.05) is 36.9 Å². The van der Waals surface area contributed by atoms with Crippen LogP contribution in [0.25, 0.3) is 33.5 Å². The number of fused-ring (bicyclic) bond motifs is 2. The Kier molecular flexibility index (Phi) is 4.76. The minimum atomic E-state index is 0.395. The van der Waals surface area contributed by atoms with E-state index in [1.807, 2.05) is 54.9 Å². The zero-order valence-corrected chi connectivity index (χ0v) is 20.5. The van der Waals surface area contributed by atoms with Gasteiger partial charge in [0.25, 0.3) is 0 Å². The van der Waals surface area contributed by atoms with Gasteiger partial charge in [0.1, 0.15) is 23.0 Å². The highest BCUT2D eigenvalue weighted by Crippen LogP contribution is 2.30. The number of hydrogen-bond acceptors (Lipinski definition) is 8. The standard InChI is InChI=1S/C25H28N10O/c1-32-7-6-15-4-5-19(28-24(15)32)21-9-23(33(2)31-21)29-22-8-20(18-10-26-34(3)25(18)30-22)27-16-11-35(12-16)17-13-36-14-17/h4-10,16-17H,11-14H2,1-3H3,(H2,27,29,30). The molecule has 7 heterocycles. The van der Waals surface area contributed by atoms with Crippen molar-refractivity contribution in [2.24, 2.45) is 21.1 Å². The molecule has 184 valence electrons. The highest BCUT2D eigenvalue weighted by atomic mass is 16.5. The third kappa shape index (κ3) is 3.50. The second-order valence-corrected chi connectivity index (χ2v) is 9.75. The van der Waals surface area contributed by atoms with Crippen molar-refractivity contribution in [3.8, 4) is 11.4 Å². The summed E-state index contributed by atoms with van der Waals surface area (Å²) in [6.07, 6.45) is 3.89. The fourth-order valence-electron chi connectivity index (χ4n) is 4.97. The van der Waals surface area contributed by atoms with Gasteiger partial charge < -0.3 is 19.9 Å². The summed E-state index contributed by atoms with van der Waals surface area (Å²) >= 11 is 0. The number of nitrogens with one attached hydrogen (secondary N) is 2. The first kappa shape index (κ1) is 21.3. The van der Waals surface area contributed by atoms with Crippen LogP contribution >= 0.6 is 0 Å². The lowest BCUT2D eigenvalue weighted by molar-refractivity contribution is -0.0874. The number of likely N-dealkylation sites (tertiary alicyclic amines) is 1. The molecule has 0 amide bonds. The van der Waals surface area contributed by atoms with Crippen molar-refractivity contribution in [2.45, 2.75) is 12.1 Å². The van der Waals surface area contributed by atoms with E-state index >= 15 is 0 Å². The normalized spacial score (nSPS) is 17.0. The van der Waals surface area contributed by atoms with Crippen molar-refractivity contribution in [3.05, 3.63) is 42.7 Å². The monoisotopic (exact) mass is 484 g/mol. The molecule has 36 heavy (non-hydrogen) atoms. The summed E-state index contributed by atoms with van der Waals surface area (Å²) in [5.74, 6) is 1.57. The van der Waals surface area contributed by atoms with Crippen LogP contribution in [-0.2, 0) is 25.9 Å². The molecule has 0 atom stereocenters. The molecule has 0 spiro atoms. The van der Waals surface area contributed by atoms with E-state index in [9.17, 15) is 0 Å². The number of pyridine rings is 2. The lowest BCUT2D eigenvalue weighted by Crippen LogP contribution is -2.63. The minimum Gasteiger partial charge on any atom is -0.379 e. The molecule has 0 bridgehead atoms. The summed E-state index contributed by atoms with van der Waals surface area (Å²) in [4.78, 5) is 12.1. The van der Waals surface area contributed by atoms with Gasteiger partial charge in [0, 0.05) is 57.9 Å². The Morgan fingerprint density at radius 2 is 1.81 bits per heavy atom. The first-order chi connectivity index (χ1) is 17.5. The molecule has 5 aromatic heterocycles. The molecule has 11 nitrogen and oxygen atoms in total. The average Bonchev–Trinajstić information content (AvgIpc) is 3.49. The molecule has 2 aliphatic rings. The van der Waals surface area contributed by atoms with Gasteiger partial charge in [-0.05, 0) is 18.2 Å². The molecule has 7 rings (SSSR count). The van der Waals surface area contributed by atoms with Crippen molar-refractivity contribution in [3.63, 3.8) is 0 Å². The smallest absolute Gasteiger partial charge is 0.161 e. The molecule has 0 aromatic carbocycles. The van der Waals surface area contributed by atoms with Gasteiger partial charge in [0.2, 0.25) is 0 Å². The maximum atomic E-state index is 5.34. The molecule has 0 radical (unpaired) electrons. The number of ether oxygens (including phenoxy) is 1. The van der Waals surface area contributed by atoms with E-state index in [1.54, 1.807) is 4.68 Å². The second-order valence-electron chi connectivity index (χ2n) is 9.75. The predicted molar refractivity (Wildman–Crippen MR) is 138 cm³/mol. The Bertz CT molecular complexity index is 1590. The van der Waals surface area contributed by atoms with E-state index in [0.717, 1.165) is 77.1 Å².